The van der Waals surface area contributed by atoms with E-state index in [-0.39, 0.29) is 0 Å². The largest absolute Gasteiger partial charge is 0.378 e. The second kappa shape index (κ2) is 9.68. The maximum Gasteiger partial charge on any atom is 0.0942 e. The number of thiophene rings is 1. The van der Waals surface area contributed by atoms with Crippen molar-refractivity contribution in [2.24, 2.45) is 0 Å². The van der Waals surface area contributed by atoms with Crippen LogP contribution in [0.25, 0.3) is 22.3 Å². The summed E-state index contributed by atoms with van der Waals surface area (Å²) in [5, 5.41) is 6.00. The van der Waals surface area contributed by atoms with Crippen LogP contribution >= 0.6 is 11.3 Å². The molecule has 4 rings (SSSR count). The number of pyridine rings is 2. The van der Waals surface area contributed by atoms with Crippen molar-refractivity contribution in [3.05, 3.63) is 63.2 Å². The van der Waals surface area contributed by atoms with E-state index in [1.165, 1.54) is 27.2 Å². The first-order chi connectivity index (χ1) is 15.8. The third-order valence-electron chi connectivity index (χ3n) is 6.60. The van der Waals surface area contributed by atoms with Crippen molar-refractivity contribution in [1.82, 2.24) is 14.5 Å². The molecule has 0 fully saturated rings. The van der Waals surface area contributed by atoms with Gasteiger partial charge in [0.05, 0.1) is 28.1 Å². The summed E-state index contributed by atoms with van der Waals surface area (Å²) < 4.78 is 2.47. The quantitative estimate of drug-likeness (QED) is 0.289. The summed E-state index contributed by atoms with van der Waals surface area (Å²) in [4.78, 5) is 11.4. The predicted octanol–water partition coefficient (Wildman–Crippen LogP) is 8.05. The van der Waals surface area contributed by atoms with Crippen molar-refractivity contribution in [3.63, 3.8) is 0 Å². The van der Waals surface area contributed by atoms with Gasteiger partial charge in [0.2, 0.25) is 0 Å². The number of hydrogen-bond acceptors (Lipinski definition) is 4. The van der Waals surface area contributed by atoms with Gasteiger partial charge < -0.3 is 9.88 Å². The van der Waals surface area contributed by atoms with Crippen molar-refractivity contribution in [1.29, 1.82) is 0 Å². The fourth-order valence-corrected chi connectivity index (χ4v) is 5.57. The van der Waals surface area contributed by atoms with Crippen LogP contribution in [0.15, 0.2) is 35.8 Å². The molecule has 0 bridgehead atoms. The lowest BCUT2D eigenvalue weighted by Gasteiger charge is -2.18. The zero-order chi connectivity index (χ0) is 23.7. The van der Waals surface area contributed by atoms with Gasteiger partial charge in [0.15, 0.2) is 0 Å². The lowest BCUT2D eigenvalue weighted by molar-refractivity contribution is 0.596. The Morgan fingerprint density at radius 1 is 1.12 bits per heavy atom. The third-order valence-corrected chi connectivity index (χ3v) is 7.65. The van der Waals surface area contributed by atoms with Crippen LogP contribution in [0, 0.1) is 13.8 Å². The SMILES string of the molecule is CCc1c(C)c2nc(-c3cccnc3C(C)CC)cc(NCc3cc(C)cs3)c2n1C(C)C. The van der Waals surface area contributed by atoms with Crippen LogP contribution in [-0.4, -0.2) is 14.5 Å². The van der Waals surface area contributed by atoms with Gasteiger partial charge in [0.1, 0.15) is 0 Å². The highest BCUT2D eigenvalue weighted by atomic mass is 32.1. The Morgan fingerprint density at radius 3 is 2.55 bits per heavy atom. The fourth-order valence-electron chi connectivity index (χ4n) is 4.76. The van der Waals surface area contributed by atoms with Gasteiger partial charge in [-0.3, -0.25) is 4.98 Å². The molecule has 0 amide bonds. The second-order valence-electron chi connectivity index (χ2n) is 9.33. The average Bonchev–Trinajstić information content (AvgIpc) is 3.37. The molecule has 0 aliphatic heterocycles. The van der Waals surface area contributed by atoms with E-state index in [4.69, 9.17) is 9.97 Å². The zero-order valence-electron chi connectivity index (χ0n) is 21.0. The summed E-state index contributed by atoms with van der Waals surface area (Å²) in [7, 11) is 0. The highest BCUT2D eigenvalue weighted by Crippen LogP contribution is 2.38. The van der Waals surface area contributed by atoms with Gasteiger partial charge >= 0.3 is 0 Å². The minimum Gasteiger partial charge on any atom is -0.378 e. The van der Waals surface area contributed by atoms with Crippen molar-refractivity contribution in [3.8, 4) is 11.3 Å². The summed E-state index contributed by atoms with van der Waals surface area (Å²) in [6.07, 6.45) is 3.94. The highest BCUT2D eigenvalue weighted by Gasteiger charge is 2.22. The van der Waals surface area contributed by atoms with Gasteiger partial charge in [-0.25, -0.2) is 4.98 Å². The van der Waals surface area contributed by atoms with E-state index in [0.29, 0.717) is 12.0 Å². The minimum atomic E-state index is 0.363. The Bertz CT molecular complexity index is 1260. The Balaban J connectivity index is 1.94. The number of hydrogen-bond donors (Lipinski definition) is 1. The van der Waals surface area contributed by atoms with E-state index >= 15 is 0 Å². The van der Waals surface area contributed by atoms with E-state index in [0.717, 1.165) is 47.5 Å². The maximum absolute atomic E-state index is 5.26. The predicted molar refractivity (Wildman–Crippen MR) is 143 cm³/mol. The number of aryl methyl sites for hydroxylation is 2. The number of aromatic nitrogens is 3. The first-order valence-electron chi connectivity index (χ1n) is 12.1. The summed E-state index contributed by atoms with van der Waals surface area (Å²) in [6.45, 7) is 16.4. The molecule has 0 saturated heterocycles. The molecule has 0 radical (unpaired) electrons. The van der Waals surface area contributed by atoms with E-state index in [9.17, 15) is 0 Å². The van der Waals surface area contributed by atoms with Gasteiger partial charge in [-0.2, -0.15) is 0 Å². The molecule has 1 unspecified atom stereocenters. The van der Waals surface area contributed by atoms with E-state index in [2.05, 4.69) is 81.9 Å². The molecule has 0 aromatic carbocycles. The molecule has 0 aliphatic rings. The Labute approximate surface area is 202 Å². The molecule has 174 valence electrons. The van der Waals surface area contributed by atoms with Crippen molar-refractivity contribution >= 4 is 28.1 Å². The van der Waals surface area contributed by atoms with E-state index in [1.54, 1.807) is 0 Å². The summed E-state index contributed by atoms with van der Waals surface area (Å²) in [6, 6.07) is 9.07. The fraction of sp³-hybridized carbons (Fsp3) is 0.429. The van der Waals surface area contributed by atoms with Crippen LogP contribution in [0.4, 0.5) is 5.69 Å². The lowest BCUT2D eigenvalue weighted by atomic mass is 9.97. The summed E-state index contributed by atoms with van der Waals surface area (Å²) >= 11 is 1.81. The van der Waals surface area contributed by atoms with Crippen LogP contribution in [0.3, 0.4) is 0 Å². The van der Waals surface area contributed by atoms with Crippen molar-refractivity contribution < 1.29 is 0 Å². The van der Waals surface area contributed by atoms with Crippen molar-refractivity contribution in [2.75, 3.05) is 5.32 Å². The number of fused-ring (bicyclic) bond motifs is 1. The van der Waals surface area contributed by atoms with Gasteiger partial charge in [-0.15, -0.1) is 11.3 Å². The maximum atomic E-state index is 5.26. The second-order valence-corrected chi connectivity index (χ2v) is 10.3. The van der Waals surface area contributed by atoms with Crippen LogP contribution in [-0.2, 0) is 13.0 Å². The number of rotatable bonds is 8. The molecule has 1 N–H and O–H groups in total. The molecule has 5 heteroatoms. The van der Waals surface area contributed by atoms with Crippen molar-refractivity contribution in [2.45, 2.75) is 79.8 Å². The van der Waals surface area contributed by atoms with Gasteiger partial charge in [-0.1, -0.05) is 20.8 Å². The summed E-state index contributed by atoms with van der Waals surface area (Å²) in [5.41, 5.74) is 10.7. The summed E-state index contributed by atoms with van der Waals surface area (Å²) in [5.74, 6) is 0.386. The number of nitrogens with one attached hydrogen (secondary N) is 1. The van der Waals surface area contributed by atoms with Crippen LogP contribution < -0.4 is 5.32 Å². The number of anilines is 1. The average molecular weight is 461 g/mol. The Kier molecular flexibility index (Phi) is 6.89. The smallest absolute Gasteiger partial charge is 0.0942 e. The van der Waals surface area contributed by atoms with Gasteiger partial charge in [0.25, 0.3) is 0 Å². The first kappa shape index (κ1) is 23.5. The molecule has 4 aromatic rings. The molecule has 4 aromatic heterocycles. The van der Waals surface area contributed by atoms with E-state index < -0.39 is 0 Å². The molecule has 1 atom stereocenters. The highest BCUT2D eigenvalue weighted by molar-refractivity contribution is 7.10. The van der Waals surface area contributed by atoms with E-state index in [1.807, 2.05) is 23.6 Å². The molecule has 33 heavy (non-hydrogen) atoms. The van der Waals surface area contributed by atoms with Crippen LogP contribution in [0.1, 0.15) is 80.4 Å². The number of nitrogens with zero attached hydrogens (tertiary/aromatic N) is 3. The van der Waals surface area contributed by atoms with Gasteiger partial charge in [0, 0.05) is 34.9 Å². The zero-order valence-corrected chi connectivity index (χ0v) is 21.8. The van der Waals surface area contributed by atoms with Crippen LogP contribution in [0.2, 0.25) is 0 Å². The first-order valence-corrected chi connectivity index (χ1v) is 13.0. The molecule has 4 nitrogen and oxygen atoms in total. The molecule has 0 saturated carbocycles. The van der Waals surface area contributed by atoms with Gasteiger partial charge in [-0.05, 0) is 87.2 Å². The lowest BCUT2D eigenvalue weighted by Crippen LogP contribution is -2.08. The topological polar surface area (TPSA) is 42.7 Å². The Hall–Kier alpha value is -2.66. The standard InChI is InChI=1S/C28H36N4S/c1-8-19(6)26-22(11-10-12-29-26)23-14-24(30-15-21-13-18(5)16-33-21)28-27(31-23)20(7)25(9-2)32(28)17(3)4/h10-14,16-17,19H,8-9,15H2,1-7H3,(H,30,31). The minimum absolute atomic E-state index is 0.363. The molecule has 4 heterocycles. The Morgan fingerprint density at radius 2 is 1.91 bits per heavy atom. The molecule has 0 aliphatic carbocycles. The normalized spacial score (nSPS) is 12.6. The van der Waals surface area contributed by atoms with Crippen LogP contribution in [0.5, 0.6) is 0 Å². The molecular formula is C28H36N4S. The molecule has 0 spiro atoms. The third kappa shape index (κ3) is 4.43. The monoisotopic (exact) mass is 460 g/mol. The molecular weight excluding hydrogens is 424 g/mol.